The van der Waals surface area contributed by atoms with Crippen LogP contribution < -0.4 is 5.73 Å². The lowest BCUT2D eigenvalue weighted by Gasteiger charge is -2.16. The van der Waals surface area contributed by atoms with Crippen molar-refractivity contribution < 1.29 is 9.90 Å². The highest BCUT2D eigenvalue weighted by Gasteiger charge is 2.16. The van der Waals surface area contributed by atoms with Gasteiger partial charge in [-0.25, -0.2) is 0 Å². The maximum Gasteiger partial charge on any atom is 0.322 e. The fraction of sp³-hybridized carbons (Fsp3) is 0.800. The van der Waals surface area contributed by atoms with Crippen molar-refractivity contribution >= 4 is 5.97 Å². The number of nitrogens with two attached hydrogens (primary N) is 1. The third kappa shape index (κ3) is 2.43. The van der Waals surface area contributed by atoms with Gasteiger partial charge in [-0.1, -0.05) is 0 Å². The van der Waals surface area contributed by atoms with Gasteiger partial charge in [0, 0.05) is 6.54 Å². The van der Waals surface area contributed by atoms with Gasteiger partial charge in [-0.3, -0.25) is 9.69 Å². The van der Waals surface area contributed by atoms with Crippen LogP contribution in [-0.4, -0.2) is 42.7 Å². The second-order valence-corrected chi connectivity index (χ2v) is 2.05. The third-order valence-corrected chi connectivity index (χ3v) is 1.13. The summed E-state index contributed by atoms with van der Waals surface area (Å²) in [5.41, 5.74) is 5.15. The predicted molar refractivity (Wildman–Crippen MR) is 34.2 cm³/mol. The van der Waals surface area contributed by atoms with Gasteiger partial charge in [0.15, 0.2) is 0 Å². The summed E-state index contributed by atoms with van der Waals surface area (Å²) >= 11 is 0. The molecule has 0 fully saturated rings. The Labute approximate surface area is 54.3 Å². The second-order valence-electron chi connectivity index (χ2n) is 2.05. The monoisotopic (exact) mass is 132 g/mol. The number of rotatable bonds is 3. The van der Waals surface area contributed by atoms with Crippen LogP contribution in [0.5, 0.6) is 0 Å². The largest absolute Gasteiger partial charge is 0.480 e. The Balaban J connectivity index is 3.83. The van der Waals surface area contributed by atoms with Crippen molar-refractivity contribution in [1.82, 2.24) is 4.90 Å². The van der Waals surface area contributed by atoms with E-state index in [-0.39, 0.29) is 6.54 Å². The standard InChI is InChI=1S/C5H12N2O2/c1-7(2)4(3-6)5(8)9/h4H,3,6H2,1-2H3,(H,8,9)/t4-/m1/s1. The first-order valence-electron chi connectivity index (χ1n) is 2.69. The molecule has 0 aliphatic carbocycles. The first kappa shape index (κ1) is 8.39. The van der Waals surface area contributed by atoms with Crippen molar-refractivity contribution in [2.75, 3.05) is 20.6 Å². The molecule has 0 heterocycles. The molecule has 4 nitrogen and oxygen atoms in total. The summed E-state index contributed by atoms with van der Waals surface area (Å²) in [7, 11) is 3.37. The molecular formula is C5H12N2O2. The maximum atomic E-state index is 10.3. The molecule has 0 amide bonds. The molecule has 0 rings (SSSR count). The Bertz CT molecular complexity index is 103. The smallest absolute Gasteiger partial charge is 0.322 e. The zero-order chi connectivity index (χ0) is 7.44. The van der Waals surface area contributed by atoms with Crippen molar-refractivity contribution in [3.05, 3.63) is 0 Å². The summed E-state index contributed by atoms with van der Waals surface area (Å²) in [5.74, 6) is -0.873. The average Bonchev–Trinajstić information content (AvgIpc) is 1.64. The van der Waals surface area contributed by atoms with Crippen molar-refractivity contribution in [3.8, 4) is 0 Å². The van der Waals surface area contributed by atoms with Crippen LogP contribution in [0.3, 0.4) is 0 Å². The van der Waals surface area contributed by atoms with E-state index in [1.807, 2.05) is 0 Å². The molecule has 0 saturated heterocycles. The molecule has 0 unspecified atom stereocenters. The molecule has 0 spiro atoms. The second kappa shape index (κ2) is 3.42. The van der Waals surface area contributed by atoms with Gasteiger partial charge in [-0.05, 0) is 14.1 Å². The molecule has 3 N–H and O–H groups in total. The quantitative estimate of drug-likeness (QED) is 0.514. The summed E-state index contributed by atoms with van der Waals surface area (Å²) in [5, 5.41) is 8.42. The number of carbonyl (C=O) groups is 1. The van der Waals surface area contributed by atoms with Crippen LogP contribution in [0.1, 0.15) is 0 Å². The normalized spacial score (nSPS) is 13.8. The molecule has 0 aromatic rings. The lowest BCUT2D eigenvalue weighted by Crippen LogP contribution is -2.41. The van der Waals surface area contributed by atoms with Crippen molar-refractivity contribution in [2.45, 2.75) is 6.04 Å². The average molecular weight is 132 g/mol. The molecule has 0 aliphatic rings. The summed E-state index contributed by atoms with van der Waals surface area (Å²) in [6.07, 6.45) is 0. The zero-order valence-corrected chi connectivity index (χ0v) is 5.66. The fourth-order valence-electron chi connectivity index (χ4n) is 0.533. The van der Waals surface area contributed by atoms with Gasteiger partial charge in [-0.15, -0.1) is 0 Å². The lowest BCUT2D eigenvalue weighted by molar-refractivity contribution is -0.141. The molecular weight excluding hydrogens is 120 g/mol. The number of aliphatic carboxylic acids is 1. The molecule has 0 aromatic heterocycles. The van der Waals surface area contributed by atoms with Crippen molar-refractivity contribution in [2.24, 2.45) is 5.73 Å². The summed E-state index contributed by atoms with van der Waals surface area (Å²) in [4.78, 5) is 11.8. The van der Waals surface area contributed by atoms with Crippen LogP contribution in [0, 0.1) is 0 Å². The van der Waals surface area contributed by atoms with Gasteiger partial charge in [0.2, 0.25) is 0 Å². The van der Waals surface area contributed by atoms with Crippen LogP contribution >= 0.6 is 0 Å². The van der Waals surface area contributed by atoms with E-state index in [0.29, 0.717) is 0 Å². The topological polar surface area (TPSA) is 66.6 Å². The van der Waals surface area contributed by atoms with E-state index in [9.17, 15) is 4.79 Å². The van der Waals surface area contributed by atoms with Gasteiger partial charge in [-0.2, -0.15) is 0 Å². The van der Waals surface area contributed by atoms with Gasteiger partial charge < -0.3 is 10.8 Å². The minimum atomic E-state index is -0.873. The lowest BCUT2D eigenvalue weighted by atomic mass is 10.3. The van der Waals surface area contributed by atoms with Gasteiger partial charge in [0.05, 0.1) is 0 Å². The predicted octanol–water partition coefficient (Wildman–Crippen LogP) is -1.04. The maximum absolute atomic E-state index is 10.3. The molecule has 0 aromatic carbocycles. The van der Waals surface area contributed by atoms with Crippen molar-refractivity contribution in [3.63, 3.8) is 0 Å². The highest BCUT2D eigenvalue weighted by molar-refractivity contribution is 5.73. The highest BCUT2D eigenvalue weighted by Crippen LogP contribution is 1.88. The van der Waals surface area contributed by atoms with E-state index in [1.165, 1.54) is 0 Å². The molecule has 1 atom stereocenters. The highest BCUT2D eigenvalue weighted by atomic mass is 16.4. The SMILES string of the molecule is CN(C)[C@H](CN)C(=O)O. The number of carboxylic acid groups (broad SMARTS) is 1. The Morgan fingerprint density at radius 3 is 2.22 bits per heavy atom. The third-order valence-electron chi connectivity index (χ3n) is 1.13. The molecule has 0 aliphatic heterocycles. The Kier molecular flexibility index (Phi) is 3.19. The van der Waals surface area contributed by atoms with Crippen LogP contribution in [-0.2, 0) is 4.79 Å². The minimum absolute atomic E-state index is 0.155. The number of nitrogens with zero attached hydrogens (tertiary/aromatic N) is 1. The Hall–Kier alpha value is -0.610. The minimum Gasteiger partial charge on any atom is -0.480 e. The van der Waals surface area contributed by atoms with E-state index in [1.54, 1.807) is 19.0 Å². The molecule has 0 saturated carbocycles. The van der Waals surface area contributed by atoms with Gasteiger partial charge in [0.25, 0.3) is 0 Å². The molecule has 54 valence electrons. The Morgan fingerprint density at radius 1 is 1.78 bits per heavy atom. The van der Waals surface area contributed by atoms with Crippen molar-refractivity contribution in [1.29, 1.82) is 0 Å². The number of hydrogen-bond acceptors (Lipinski definition) is 3. The van der Waals surface area contributed by atoms with Crippen LogP contribution in [0.15, 0.2) is 0 Å². The number of hydrogen-bond donors (Lipinski definition) is 2. The summed E-state index contributed by atoms with van der Waals surface area (Å²) in [6.45, 7) is 0.155. The van der Waals surface area contributed by atoms with Gasteiger partial charge in [0.1, 0.15) is 6.04 Å². The van der Waals surface area contributed by atoms with Crippen LogP contribution in [0.2, 0.25) is 0 Å². The fourth-order valence-corrected chi connectivity index (χ4v) is 0.533. The van der Waals surface area contributed by atoms with Gasteiger partial charge >= 0.3 is 5.97 Å². The molecule has 0 radical (unpaired) electrons. The summed E-state index contributed by atoms with van der Waals surface area (Å²) in [6, 6.07) is -0.551. The molecule has 4 heteroatoms. The molecule has 0 bridgehead atoms. The van der Waals surface area contributed by atoms with E-state index in [0.717, 1.165) is 0 Å². The molecule has 9 heavy (non-hydrogen) atoms. The van der Waals surface area contributed by atoms with E-state index in [2.05, 4.69) is 0 Å². The van der Waals surface area contributed by atoms with Crippen LogP contribution in [0.25, 0.3) is 0 Å². The van der Waals surface area contributed by atoms with E-state index < -0.39 is 12.0 Å². The van der Waals surface area contributed by atoms with Crippen LogP contribution in [0.4, 0.5) is 0 Å². The van der Waals surface area contributed by atoms with E-state index >= 15 is 0 Å². The first-order valence-corrected chi connectivity index (χ1v) is 2.69. The first-order chi connectivity index (χ1) is 4.09. The zero-order valence-electron chi connectivity index (χ0n) is 5.66. The summed E-state index contributed by atoms with van der Waals surface area (Å²) < 4.78 is 0. The number of carboxylic acids is 1. The number of likely N-dealkylation sites (N-methyl/N-ethyl adjacent to an activating group) is 1. The Morgan fingerprint density at radius 2 is 2.22 bits per heavy atom. The van der Waals surface area contributed by atoms with E-state index in [4.69, 9.17) is 10.8 Å².